The maximum absolute atomic E-state index is 10.8. The average molecular weight is 332 g/mol. The summed E-state index contributed by atoms with van der Waals surface area (Å²) < 4.78 is 0.559. The second kappa shape index (κ2) is 6.81. The zero-order chi connectivity index (χ0) is 14.6. The SMILES string of the molecule is Cc1c([N+](=O)[O-])cnc(NC(CO)CC(C)C)c1Br. The van der Waals surface area contributed by atoms with Crippen LogP contribution in [-0.2, 0) is 0 Å². The van der Waals surface area contributed by atoms with Gasteiger partial charge < -0.3 is 10.4 Å². The van der Waals surface area contributed by atoms with Crippen molar-refractivity contribution >= 4 is 27.4 Å². The Hall–Kier alpha value is -1.21. The Morgan fingerprint density at radius 3 is 2.68 bits per heavy atom. The van der Waals surface area contributed by atoms with Crippen LogP contribution in [0.1, 0.15) is 25.8 Å². The van der Waals surface area contributed by atoms with Gasteiger partial charge in [0.2, 0.25) is 0 Å². The molecule has 1 aromatic heterocycles. The van der Waals surface area contributed by atoms with Crippen molar-refractivity contribution in [2.45, 2.75) is 33.2 Å². The summed E-state index contributed by atoms with van der Waals surface area (Å²) in [6.45, 7) is 5.77. The summed E-state index contributed by atoms with van der Waals surface area (Å²) in [5.41, 5.74) is 0.491. The third kappa shape index (κ3) is 4.14. The van der Waals surface area contributed by atoms with E-state index in [1.165, 1.54) is 6.20 Å². The molecule has 19 heavy (non-hydrogen) atoms. The van der Waals surface area contributed by atoms with Crippen LogP contribution in [0.4, 0.5) is 11.5 Å². The maximum Gasteiger partial charge on any atom is 0.291 e. The van der Waals surface area contributed by atoms with Crippen molar-refractivity contribution in [3.8, 4) is 0 Å². The smallest absolute Gasteiger partial charge is 0.291 e. The van der Waals surface area contributed by atoms with Gasteiger partial charge in [0.05, 0.1) is 22.0 Å². The van der Waals surface area contributed by atoms with E-state index in [1.54, 1.807) is 6.92 Å². The first-order valence-electron chi connectivity index (χ1n) is 6.03. The Morgan fingerprint density at radius 1 is 1.58 bits per heavy atom. The lowest BCUT2D eigenvalue weighted by molar-refractivity contribution is -0.385. The summed E-state index contributed by atoms with van der Waals surface area (Å²) in [4.78, 5) is 14.4. The Bertz CT molecular complexity index is 466. The van der Waals surface area contributed by atoms with Crippen molar-refractivity contribution < 1.29 is 10.0 Å². The van der Waals surface area contributed by atoms with Gasteiger partial charge in [-0.2, -0.15) is 0 Å². The Labute approximate surface area is 120 Å². The van der Waals surface area contributed by atoms with Crippen molar-refractivity contribution in [2.75, 3.05) is 11.9 Å². The van der Waals surface area contributed by atoms with Crippen LogP contribution in [0.25, 0.3) is 0 Å². The molecule has 0 saturated carbocycles. The highest BCUT2D eigenvalue weighted by Crippen LogP contribution is 2.31. The molecule has 0 bridgehead atoms. The zero-order valence-electron chi connectivity index (χ0n) is 11.2. The molecule has 0 aliphatic heterocycles. The van der Waals surface area contributed by atoms with Crippen LogP contribution in [0, 0.1) is 23.0 Å². The first kappa shape index (κ1) is 15.8. The summed E-state index contributed by atoms with van der Waals surface area (Å²) in [6, 6.07) is -0.121. The highest BCUT2D eigenvalue weighted by molar-refractivity contribution is 9.10. The van der Waals surface area contributed by atoms with E-state index >= 15 is 0 Å². The van der Waals surface area contributed by atoms with Crippen molar-refractivity contribution in [1.29, 1.82) is 0 Å². The summed E-state index contributed by atoms with van der Waals surface area (Å²) in [5, 5.41) is 23.2. The van der Waals surface area contributed by atoms with Crippen molar-refractivity contribution in [1.82, 2.24) is 4.98 Å². The topological polar surface area (TPSA) is 88.3 Å². The van der Waals surface area contributed by atoms with Gasteiger partial charge in [-0.25, -0.2) is 4.98 Å². The molecular weight excluding hydrogens is 314 g/mol. The van der Waals surface area contributed by atoms with Crippen LogP contribution in [-0.4, -0.2) is 27.7 Å². The first-order chi connectivity index (χ1) is 8.86. The third-order valence-corrected chi connectivity index (χ3v) is 3.72. The molecule has 1 atom stereocenters. The minimum atomic E-state index is -0.464. The third-order valence-electron chi connectivity index (χ3n) is 2.75. The van der Waals surface area contributed by atoms with E-state index in [0.717, 1.165) is 6.42 Å². The standard InChI is InChI=1S/C12H18BrN3O3/c1-7(2)4-9(6-17)15-12-11(13)8(3)10(5-14-12)16(18)19/h5,7,9,17H,4,6H2,1-3H3,(H,14,15). The van der Waals surface area contributed by atoms with Gasteiger partial charge in [-0.1, -0.05) is 13.8 Å². The lowest BCUT2D eigenvalue weighted by Gasteiger charge is -2.20. The molecule has 1 heterocycles. The molecule has 0 saturated heterocycles. The molecule has 0 aliphatic rings. The quantitative estimate of drug-likeness (QED) is 0.618. The molecule has 0 radical (unpaired) electrons. The summed E-state index contributed by atoms with van der Waals surface area (Å²) >= 11 is 3.31. The number of aliphatic hydroxyl groups excluding tert-OH is 1. The second-order valence-corrected chi connectivity index (χ2v) is 5.63. The number of nitrogens with one attached hydrogen (secondary N) is 1. The normalized spacial score (nSPS) is 12.5. The predicted octanol–water partition coefficient (Wildman–Crippen LogP) is 2.88. The molecule has 1 unspecified atom stereocenters. The maximum atomic E-state index is 10.8. The molecule has 6 nitrogen and oxygen atoms in total. The van der Waals surface area contributed by atoms with Crippen LogP contribution >= 0.6 is 15.9 Å². The number of nitrogens with zero attached hydrogens (tertiary/aromatic N) is 2. The highest BCUT2D eigenvalue weighted by atomic mass is 79.9. The molecule has 0 fully saturated rings. The molecular formula is C12H18BrN3O3. The van der Waals surface area contributed by atoms with Crippen LogP contribution < -0.4 is 5.32 Å². The average Bonchev–Trinajstić information content (AvgIpc) is 2.33. The number of rotatable bonds is 6. The highest BCUT2D eigenvalue weighted by Gasteiger charge is 2.19. The number of halogens is 1. The second-order valence-electron chi connectivity index (χ2n) is 4.84. The molecule has 0 spiro atoms. The number of hydrogen-bond acceptors (Lipinski definition) is 5. The largest absolute Gasteiger partial charge is 0.394 e. The Balaban J connectivity index is 2.96. The van der Waals surface area contributed by atoms with Gasteiger partial charge in [0, 0.05) is 5.56 Å². The van der Waals surface area contributed by atoms with Gasteiger partial charge >= 0.3 is 0 Å². The van der Waals surface area contributed by atoms with Crippen molar-refractivity contribution in [3.63, 3.8) is 0 Å². The van der Waals surface area contributed by atoms with Gasteiger partial charge in [0.15, 0.2) is 0 Å². The number of nitro groups is 1. The molecule has 7 heteroatoms. The van der Waals surface area contributed by atoms with E-state index in [1.807, 2.05) is 0 Å². The molecule has 1 aromatic rings. The molecule has 106 valence electrons. The number of anilines is 1. The van der Waals surface area contributed by atoms with E-state index in [2.05, 4.69) is 40.1 Å². The molecule has 2 N–H and O–H groups in total. The Morgan fingerprint density at radius 2 is 2.21 bits per heavy atom. The van der Waals surface area contributed by atoms with Gasteiger partial charge in [0.25, 0.3) is 5.69 Å². The fourth-order valence-corrected chi connectivity index (χ4v) is 2.22. The van der Waals surface area contributed by atoms with Gasteiger partial charge in [-0.05, 0) is 35.2 Å². The number of aromatic nitrogens is 1. The van der Waals surface area contributed by atoms with E-state index < -0.39 is 4.92 Å². The number of pyridine rings is 1. The van der Waals surface area contributed by atoms with E-state index in [9.17, 15) is 15.2 Å². The summed E-state index contributed by atoms with van der Waals surface area (Å²) in [6.07, 6.45) is 2.02. The fourth-order valence-electron chi connectivity index (χ4n) is 1.80. The number of hydrogen-bond donors (Lipinski definition) is 2. The van der Waals surface area contributed by atoms with Crippen LogP contribution in [0.5, 0.6) is 0 Å². The van der Waals surface area contributed by atoms with Crippen molar-refractivity contribution in [3.05, 3.63) is 26.3 Å². The van der Waals surface area contributed by atoms with Gasteiger partial charge in [-0.15, -0.1) is 0 Å². The molecule has 0 aliphatic carbocycles. The first-order valence-corrected chi connectivity index (χ1v) is 6.83. The Kier molecular flexibility index (Phi) is 5.68. The van der Waals surface area contributed by atoms with Gasteiger partial charge in [0.1, 0.15) is 12.0 Å². The van der Waals surface area contributed by atoms with Crippen LogP contribution in [0.3, 0.4) is 0 Å². The lowest BCUT2D eigenvalue weighted by atomic mass is 10.0. The van der Waals surface area contributed by atoms with Crippen LogP contribution in [0.15, 0.2) is 10.7 Å². The predicted molar refractivity (Wildman–Crippen MR) is 77.3 cm³/mol. The minimum absolute atomic E-state index is 0.0116. The lowest BCUT2D eigenvalue weighted by Crippen LogP contribution is -2.26. The van der Waals surface area contributed by atoms with Gasteiger partial charge in [-0.3, -0.25) is 10.1 Å². The molecule has 0 amide bonds. The molecule has 1 rings (SSSR count). The van der Waals surface area contributed by atoms with E-state index in [0.29, 0.717) is 21.8 Å². The zero-order valence-corrected chi connectivity index (χ0v) is 12.8. The summed E-state index contributed by atoms with van der Waals surface area (Å²) in [7, 11) is 0. The monoisotopic (exact) mass is 331 g/mol. The van der Waals surface area contributed by atoms with E-state index in [4.69, 9.17) is 0 Å². The minimum Gasteiger partial charge on any atom is -0.394 e. The number of aliphatic hydroxyl groups is 1. The van der Waals surface area contributed by atoms with Crippen molar-refractivity contribution in [2.24, 2.45) is 5.92 Å². The van der Waals surface area contributed by atoms with Crippen LogP contribution in [0.2, 0.25) is 0 Å². The van der Waals surface area contributed by atoms with E-state index in [-0.39, 0.29) is 18.3 Å². The fraction of sp³-hybridized carbons (Fsp3) is 0.583. The molecule has 0 aromatic carbocycles. The summed E-state index contributed by atoms with van der Waals surface area (Å²) in [5.74, 6) is 0.949.